The molecule has 1 N–H and O–H groups in total. The van der Waals surface area contributed by atoms with Gasteiger partial charge in [0.2, 0.25) is 10.0 Å². The van der Waals surface area contributed by atoms with Crippen molar-refractivity contribution in [1.82, 2.24) is 4.90 Å². The topological polar surface area (TPSA) is 104 Å². The maximum Gasteiger partial charge on any atom is 0.391 e. The minimum Gasteiger partial charge on any atom is -0.481 e. The number of anilines is 1. The third kappa shape index (κ3) is 7.59. The molecule has 2 aliphatic rings. The fourth-order valence-electron chi connectivity index (χ4n) is 5.65. The fraction of sp³-hybridized carbons (Fsp3) is 0.355. The minimum absolute atomic E-state index is 0.235. The van der Waals surface area contributed by atoms with Crippen molar-refractivity contribution in [3.05, 3.63) is 99.8 Å². The van der Waals surface area contributed by atoms with Gasteiger partial charge in [-0.15, -0.1) is 0 Å². The summed E-state index contributed by atoms with van der Waals surface area (Å²) in [6.07, 6.45) is -10.1. The molecule has 0 bridgehead atoms. The van der Waals surface area contributed by atoms with Crippen molar-refractivity contribution in [2.75, 3.05) is 10.8 Å². The Bertz CT molecular complexity index is 1710. The lowest BCUT2D eigenvalue weighted by Crippen LogP contribution is -2.59. The smallest absolute Gasteiger partial charge is 0.391 e. The van der Waals surface area contributed by atoms with Crippen LogP contribution in [-0.2, 0) is 24.3 Å². The van der Waals surface area contributed by atoms with Crippen LogP contribution < -0.4 is 4.31 Å². The van der Waals surface area contributed by atoms with Crippen molar-refractivity contribution < 1.29 is 45.4 Å². The summed E-state index contributed by atoms with van der Waals surface area (Å²) in [6.45, 7) is -0.975. The first kappa shape index (κ1) is 34.0. The van der Waals surface area contributed by atoms with Crippen LogP contribution in [0.5, 0.6) is 0 Å². The van der Waals surface area contributed by atoms with E-state index in [0.29, 0.717) is 9.87 Å². The molecule has 1 amide bonds. The fourth-order valence-corrected chi connectivity index (χ4v) is 7.87. The molecule has 1 aliphatic heterocycles. The van der Waals surface area contributed by atoms with Gasteiger partial charge in [0.1, 0.15) is 18.0 Å². The Hall–Kier alpha value is -3.39. The van der Waals surface area contributed by atoms with E-state index in [4.69, 9.17) is 27.9 Å². The molecule has 1 saturated heterocycles. The monoisotopic (exact) mass is 702 g/mol. The predicted octanol–water partition coefficient (Wildman–Crippen LogP) is 6.94. The van der Waals surface area contributed by atoms with Crippen molar-refractivity contribution in [2.45, 2.75) is 61.4 Å². The van der Waals surface area contributed by atoms with Crippen LogP contribution in [0.15, 0.2) is 72.8 Å². The number of para-hydroxylation sites is 1. The van der Waals surface area contributed by atoms with E-state index in [9.17, 15) is 36.3 Å². The maximum absolute atomic E-state index is 15.1. The molecule has 0 unspecified atom stereocenters. The summed E-state index contributed by atoms with van der Waals surface area (Å²) < 4.78 is 92.4. The van der Waals surface area contributed by atoms with Gasteiger partial charge in [0.05, 0.1) is 42.4 Å². The number of morpholine rings is 1. The number of alkyl halides is 3. The van der Waals surface area contributed by atoms with Crippen LogP contribution in [0.25, 0.3) is 0 Å². The van der Waals surface area contributed by atoms with Crippen LogP contribution in [0.4, 0.5) is 23.2 Å². The van der Waals surface area contributed by atoms with E-state index in [1.807, 2.05) is 0 Å². The Kier molecular flexibility index (Phi) is 9.88. The minimum atomic E-state index is -4.94. The lowest BCUT2D eigenvalue weighted by Gasteiger charge is -2.49. The quantitative estimate of drug-likeness (QED) is 0.217. The lowest BCUT2D eigenvalue weighted by molar-refractivity contribution is -0.192. The molecule has 5 rings (SSSR count). The van der Waals surface area contributed by atoms with Gasteiger partial charge in [-0.3, -0.25) is 13.9 Å². The molecule has 246 valence electrons. The van der Waals surface area contributed by atoms with Gasteiger partial charge in [-0.05, 0) is 60.4 Å². The Labute approximate surface area is 272 Å². The lowest BCUT2D eigenvalue weighted by atomic mass is 9.89. The molecule has 3 aromatic carbocycles. The van der Waals surface area contributed by atoms with Gasteiger partial charge in [0.15, 0.2) is 0 Å². The Morgan fingerprint density at radius 1 is 1.00 bits per heavy atom. The summed E-state index contributed by atoms with van der Waals surface area (Å²) in [4.78, 5) is 26.8. The number of halogens is 6. The Morgan fingerprint density at radius 3 is 2.26 bits per heavy atom. The zero-order valence-electron chi connectivity index (χ0n) is 23.9. The highest BCUT2D eigenvalue weighted by atomic mass is 35.5. The molecule has 46 heavy (non-hydrogen) atoms. The normalized spacial score (nSPS) is 21.2. The number of hydrogen-bond acceptors (Lipinski definition) is 5. The van der Waals surface area contributed by atoms with Crippen LogP contribution >= 0.6 is 23.2 Å². The molecule has 0 spiro atoms. The highest BCUT2D eigenvalue weighted by Crippen LogP contribution is 2.46. The highest BCUT2D eigenvalue weighted by Gasteiger charge is 2.51. The predicted molar refractivity (Wildman–Crippen MR) is 163 cm³/mol. The second-order valence-corrected chi connectivity index (χ2v) is 14.2. The molecule has 8 nitrogen and oxygen atoms in total. The number of benzene rings is 3. The molecule has 3 aromatic rings. The van der Waals surface area contributed by atoms with Crippen molar-refractivity contribution >= 4 is 50.8 Å². The van der Waals surface area contributed by atoms with Gasteiger partial charge in [-0.1, -0.05) is 59.6 Å². The molecular formula is C31H28Cl2F4N2O6S. The van der Waals surface area contributed by atoms with Gasteiger partial charge in [-0.2, -0.15) is 13.2 Å². The molecular weight excluding hydrogens is 675 g/mol. The van der Waals surface area contributed by atoms with Crippen LogP contribution in [-0.4, -0.2) is 60.4 Å². The summed E-state index contributed by atoms with van der Waals surface area (Å²) >= 11 is 12.4. The SMILES string of the molecule is O=C(O)C[C@H]1O[C@H](c2cccc(Cl)c2)[C@@H](c2ccc(Cl)cc2)N([C@@H](CN(c2ccccc2F)S(=O)(=O)C2CC2)CC(F)(F)F)C1=O. The Morgan fingerprint density at radius 2 is 1.67 bits per heavy atom. The second kappa shape index (κ2) is 13.4. The summed E-state index contributed by atoms with van der Waals surface area (Å²) in [5.74, 6) is -3.54. The highest BCUT2D eigenvalue weighted by molar-refractivity contribution is 7.93. The molecule has 1 aliphatic carbocycles. The van der Waals surface area contributed by atoms with Gasteiger partial charge < -0.3 is 14.7 Å². The van der Waals surface area contributed by atoms with Gasteiger partial charge in [-0.25, -0.2) is 12.8 Å². The standard InChI is InChI=1S/C31H28Cl2F4N2O6S/c32-20-10-8-18(9-11-20)28-29(19-4-3-5-21(33)14-19)45-26(15-27(40)41)30(42)39(28)22(16-31(35,36)37)17-38(46(43,44)23-12-13-23)25-7-2-1-6-24(25)34/h1-11,14,22-23,26,28-29H,12-13,15-17H2,(H,40,41)/t22-,26-,28-,29-/m1/s1. The summed E-state index contributed by atoms with van der Waals surface area (Å²) in [6, 6.07) is 13.5. The number of nitrogens with zero attached hydrogens (tertiary/aromatic N) is 2. The molecule has 4 atom stereocenters. The number of carboxylic acid groups (broad SMARTS) is 1. The van der Waals surface area contributed by atoms with E-state index >= 15 is 4.39 Å². The first-order valence-electron chi connectivity index (χ1n) is 14.2. The molecule has 2 fully saturated rings. The summed E-state index contributed by atoms with van der Waals surface area (Å²) in [5.41, 5.74) is 0.118. The van der Waals surface area contributed by atoms with Crippen LogP contribution in [0.1, 0.15) is 49.0 Å². The number of aliphatic carboxylic acids is 1. The van der Waals surface area contributed by atoms with Crippen LogP contribution in [0.2, 0.25) is 10.0 Å². The van der Waals surface area contributed by atoms with Gasteiger partial charge in [0, 0.05) is 10.0 Å². The number of sulfonamides is 1. The number of carbonyl (C=O) groups is 2. The van der Waals surface area contributed by atoms with E-state index in [1.165, 1.54) is 42.5 Å². The largest absolute Gasteiger partial charge is 0.481 e. The van der Waals surface area contributed by atoms with E-state index in [1.54, 1.807) is 18.2 Å². The van der Waals surface area contributed by atoms with E-state index < -0.39 is 88.5 Å². The molecule has 1 heterocycles. The maximum atomic E-state index is 15.1. The average molecular weight is 704 g/mol. The number of hydrogen-bond donors (Lipinski definition) is 1. The molecule has 15 heteroatoms. The number of amides is 1. The first-order chi connectivity index (χ1) is 21.7. The summed E-state index contributed by atoms with van der Waals surface area (Å²) in [7, 11) is -4.37. The zero-order chi connectivity index (χ0) is 33.4. The van der Waals surface area contributed by atoms with E-state index in [2.05, 4.69) is 0 Å². The molecule has 0 aromatic heterocycles. The second-order valence-electron chi connectivity index (χ2n) is 11.1. The van der Waals surface area contributed by atoms with Crippen LogP contribution in [0.3, 0.4) is 0 Å². The first-order valence-corrected chi connectivity index (χ1v) is 16.4. The van der Waals surface area contributed by atoms with Crippen molar-refractivity contribution in [3.63, 3.8) is 0 Å². The van der Waals surface area contributed by atoms with Crippen molar-refractivity contribution in [2.24, 2.45) is 0 Å². The van der Waals surface area contributed by atoms with E-state index in [0.717, 1.165) is 17.0 Å². The number of carbonyl (C=O) groups excluding carboxylic acids is 1. The molecule has 0 radical (unpaired) electrons. The number of carboxylic acids is 1. The van der Waals surface area contributed by atoms with Crippen LogP contribution in [0, 0.1) is 5.82 Å². The van der Waals surface area contributed by atoms with Gasteiger partial charge in [0.25, 0.3) is 5.91 Å². The number of rotatable bonds is 11. The third-order valence-corrected chi connectivity index (χ3v) is 10.5. The Balaban J connectivity index is 1.72. The average Bonchev–Trinajstić information content (AvgIpc) is 3.83. The van der Waals surface area contributed by atoms with Crippen molar-refractivity contribution in [3.8, 4) is 0 Å². The zero-order valence-corrected chi connectivity index (χ0v) is 26.2. The summed E-state index contributed by atoms with van der Waals surface area (Å²) in [5, 5.41) is 9.20. The van der Waals surface area contributed by atoms with Gasteiger partial charge >= 0.3 is 12.1 Å². The molecule has 1 saturated carbocycles. The number of ether oxygens (including phenoxy) is 1. The van der Waals surface area contributed by atoms with E-state index in [-0.39, 0.29) is 28.5 Å². The third-order valence-electron chi connectivity index (χ3n) is 7.79. The van der Waals surface area contributed by atoms with Crippen molar-refractivity contribution in [1.29, 1.82) is 0 Å².